The van der Waals surface area contributed by atoms with Crippen molar-refractivity contribution in [2.24, 2.45) is 0 Å². The second-order valence-electron chi connectivity index (χ2n) is 6.21. The first-order chi connectivity index (χ1) is 13.0. The van der Waals surface area contributed by atoms with Gasteiger partial charge >= 0.3 is 0 Å². The van der Waals surface area contributed by atoms with Crippen LogP contribution in [0.15, 0.2) is 42.5 Å². The van der Waals surface area contributed by atoms with Gasteiger partial charge in [-0.2, -0.15) is 0 Å². The molecule has 2 aromatic rings. The van der Waals surface area contributed by atoms with Gasteiger partial charge in [0.2, 0.25) is 5.91 Å². The van der Waals surface area contributed by atoms with Crippen LogP contribution >= 0.6 is 11.6 Å². The van der Waals surface area contributed by atoms with Crippen molar-refractivity contribution in [1.29, 1.82) is 0 Å². The zero-order chi connectivity index (χ0) is 19.6. The van der Waals surface area contributed by atoms with Gasteiger partial charge < -0.3 is 19.3 Å². The fourth-order valence-corrected chi connectivity index (χ4v) is 3.37. The van der Waals surface area contributed by atoms with Crippen molar-refractivity contribution in [3.63, 3.8) is 0 Å². The average molecular weight is 389 g/mol. The molecule has 6 nitrogen and oxygen atoms in total. The molecule has 0 spiro atoms. The Balaban J connectivity index is 1.86. The maximum Gasteiger partial charge on any atom is 0.254 e. The number of halogens is 1. The number of benzene rings is 2. The van der Waals surface area contributed by atoms with Crippen LogP contribution in [0, 0.1) is 0 Å². The Kier molecular flexibility index (Phi) is 5.56. The number of methoxy groups -OCH3 is 2. The zero-order valence-corrected chi connectivity index (χ0v) is 16.2. The molecule has 2 aromatic carbocycles. The van der Waals surface area contributed by atoms with E-state index < -0.39 is 6.04 Å². The van der Waals surface area contributed by atoms with Crippen molar-refractivity contribution in [3.05, 3.63) is 53.1 Å². The quantitative estimate of drug-likeness (QED) is 0.806. The predicted octanol–water partition coefficient (Wildman–Crippen LogP) is 3.23. The summed E-state index contributed by atoms with van der Waals surface area (Å²) < 4.78 is 10.7. The van der Waals surface area contributed by atoms with Gasteiger partial charge in [-0.1, -0.05) is 17.7 Å². The van der Waals surface area contributed by atoms with Gasteiger partial charge in [-0.3, -0.25) is 9.59 Å². The zero-order valence-electron chi connectivity index (χ0n) is 15.4. The van der Waals surface area contributed by atoms with Crippen LogP contribution in [0.3, 0.4) is 0 Å². The van der Waals surface area contributed by atoms with E-state index in [0.717, 1.165) is 0 Å². The third kappa shape index (κ3) is 3.71. The molecule has 1 aliphatic heterocycles. The van der Waals surface area contributed by atoms with Crippen LogP contribution in [-0.2, 0) is 4.79 Å². The van der Waals surface area contributed by atoms with E-state index in [2.05, 4.69) is 0 Å². The molecular formula is C20H21ClN2O4. The fraction of sp³-hybridized carbons (Fsp3) is 0.300. The highest BCUT2D eigenvalue weighted by molar-refractivity contribution is 6.31. The summed E-state index contributed by atoms with van der Waals surface area (Å²) in [4.78, 5) is 29.0. The minimum atomic E-state index is -0.610. The monoisotopic (exact) mass is 388 g/mol. The lowest BCUT2D eigenvalue weighted by atomic mass is 10.1. The first-order valence-corrected chi connectivity index (χ1v) is 8.94. The second-order valence-corrected chi connectivity index (χ2v) is 6.65. The average Bonchev–Trinajstić information content (AvgIpc) is 2.69. The van der Waals surface area contributed by atoms with Crippen molar-refractivity contribution < 1.29 is 19.1 Å². The number of nitrogens with zero attached hydrogens (tertiary/aromatic N) is 2. The molecule has 2 amide bonds. The van der Waals surface area contributed by atoms with Gasteiger partial charge in [0.25, 0.3) is 5.91 Å². The molecule has 1 heterocycles. The summed E-state index contributed by atoms with van der Waals surface area (Å²) in [5.41, 5.74) is 1.10. The molecule has 0 radical (unpaired) electrons. The summed E-state index contributed by atoms with van der Waals surface area (Å²) in [5, 5.41) is 0.486. The Morgan fingerprint density at radius 3 is 2.56 bits per heavy atom. The number of hydrogen-bond donors (Lipinski definition) is 0. The van der Waals surface area contributed by atoms with Gasteiger partial charge in [-0.05, 0) is 37.3 Å². The van der Waals surface area contributed by atoms with Gasteiger partial charge in [0.15, 0.2) is 0 Å². The number of hydrogen-bond acceptors (Lipinski definition) is 4. The van der Waals surface area contributed by atoms with E-state index in [-0.39, 0.29) is 11.8 Å². The number of piperazine rings is 1. The Morgan fingerprint density at radius 2 is 1.89 bits per heavy atom. The van der Waals surface area contributed by atoms with E-state index in [0.29, 0.717) is 40.9 Å². The molecule has 0 bridgehead atoms. The first kappa shape index (κ1) is 19.0. The molecule has 1 saturated heterocycles. The molecule has 1 unspecified atom stereocenters. The third-order valence-electron chi connectivity index (χ3n) is 4.66. The minimum absolute atomic E-state index is 0.178. The standard InChI is InChI=1S/C20H21ClN2O4/c1-13-19(24)23(17-12-16(26-2)7-8-18(17)27-3)10-9-22(13)20(25)14-5-4-6-15(21)11-14/h4-8,11-13H,9-10H2,1-3H3. The van der Waals surface area contributed by atoms with Gasteiger partial charge in [0.1, 0.15) is 17.5 Å². The minimum Gasteiger partial charge on any atom is -0.497 e. The molecule has 142 valence electrons. The van der Waals surface area contributed by atoms with Crippen molar-refractivity contribution in [3.8, 4) is 11.5 Å². The highest BCUT2D eigenvalue weighted by Crippen LogP contribution is 2.34. The van der Waals surface area contributed by atoms with Gasteiger partial charge in [-0.15, -0.1) is 0 Å². The molecule has 27 heavy (non-hydrogen) atoms. The van der Waals surface area contributed by atoms with Crippen LogP contribution < -0.4 is 14.4 Å². The summed E-state index contributed by atoms with van der Waals surface area (Å²) in [6.45, 7) is 2.49. The van der Waals surface area contributed by atoms with Crippen LogP contribution in [0.1, 0.15) is 17.3 Å². The summed E-state index contributed by atoms with van der Waals surface area (Å²) in [6.07, 6.45) is 0. The third-order valence-corrected chi connectivity index (χ3v) is 4.90. The van der Waals surface area contributed by atoms with Crippen LogP contribution in [-0.4, -0.2) is 50.1 Å². The number of carbonyl (C=O) groups excluding carboxylic acids is 2. The maximum absolute atomic E-state index is 13.0. The fourth-order valence-electron chi connectivity index (χ4n) is 3.18. The van der Waals surface area contributed by atoms with Crippen molar-refractivity contribution in [2.45, 2.75) is 13.0 Å². The van der Waals surface area contributed by atoms with E-state index in [4.69, 9.17) is 21.1 Å². The Labute approximate surface area is 163 Å². The molecule has 1 fully saturated rings. The molecule has 7 heteroatoms. The van der Waals surface area contributed by atoms with Gasteiger partial charge in [0, 0.05) is 29.7 Å². The molecule has 1 atom stereocenters. The summed E-state index contributed by atoms with van der Waals surface area (Å²) >= 11 is 5.99. The maximum atomic E-state index is 13.0. The molecule has 3 rings (SSSR count). The Hall–Kier alpha value is -2.73. The Bertz CT molecular complexity index is 871. The lowest BCUT2D eigenvalue weighted by Crippen LogP contribution is -2.57. The lowest BCUT2D eigenvalue weighted by molar-refractivity contribution is -0.124. The van der Waals surface area contributed by atoms with Crippen molar-refractivity contribution in [1.82, 2.24) is 4.90 Å². The van der Waals surface area contributed by atoms with Crippen LogP contribution in [0.2, 0.25) is 5.02 Å². The van der Waals surface area contributed by atoms with Crippen LogP contribution in [0.4, 0.5) is 5.69 Å². The van der Waals surface area contributed by atoms with Gasteiger partial charge in [-0.25, -0.2) is 0 Å². The van der Waals surface area contributed by atoms with E-state index in [1.807, 2.05) is 0 Å². The highest BCUT2D eigenvalue weighted by Gasteiger charge is 2.36. The van der Waals surface area contributed by atoms with Crippen molar-refractivity contribution in [2.75, 3.05) is 32.2 Å². The number of carbonyl (C=O) groups is 2. The molecule has 1 aliphatic rings. The van der Waals surface area contributed by atoms with E-state index >= 15 is 0 Å². The highest BCUT2D eigenvalue weighted by atomic mass is 35.5. The molecular weight excluding hydrogens is 368 g/mol. The smallest absolute Gasteiger partial charge is 0.254 e. The molecule has 0 aliphatic carbocycles. The van der Waals surface area contributed by atoms with Gasteiger partial charge in [0.05, 0.1) is 19.9 Å². The SMILES string of the molecule is COc1ccc(OC)c(N2CCN(C(=O)c3cccc(Cl)c3)C(C)C2=O)c1. The summed E-state index contributed by atoms with van der Waals surface area (Å²) in [7, 11) is 3.12. The topological polar surface area (TPSA) is 59.1 Å². The number of amides is 2. The lowest BCUT2D eigenvalue weighted by Gasteiger charge is -2.39. The number of ether oxygens (including phenoxy) is 2. The molecule has 0 aromatic heterocycles. The second kappa shape index (κ2) is 7.88. The summed E-state index contributed by atoms with van der Waals surface area (Å²) in [5.74, 6) is 0.813. The first-order valence-electron chi connectivity index (χ1n) is 8.56. The number of rotatable bonds is 4. The number of anilines is 1. The molecule has 0 N–H and O–H groups in total. The summed E-state index contributed by atoms with van der Waals surface area (Å²) in [6, 6.07) is 11.4. The normalized spacial score (nSPS) is 17.0. The Morgan fingerprint density at radius 1 is 1.11 bits per heavy atom. The van der Waals surface area contributed by atoms with Crippen LogP contribution in [0.25, 0.3) is 0 Å². The van der Waals surface area contributed by atoms with E-state index in [1.165, 1.54) is 0 Å². The van der Waals surface area contributed by atoms with E-state index in [1.54, 1.807) is 73.4 Å². The van der Waals surface area contributed by atoms with E-state index in [9.17, 15) is 9.59 Å². The molecule has 0 saturated carbocycles. The van der Waals surface area contributed by atoms with Crippen molar-refractivity contribution >= 4 is 29.1 Å². The predicted molar refractivity (Wildman–Crippen MR) is 104 cm³/mol. The largest absolute Gasteiger partial charge is 0.497 e. The van der Waals surface area contributed by atoms with Crippen LogP contribution in [0.5, 0.6) is 11.5 Å².